The second-order valence-corrected chi connectivity index (χ2v) is 13.7. The van der Waals surface area contributed by atoms with Gasteiger partial charge in [0.25, 0.3) is 0 Å². The van der Waals surface area contributed by atoms with E-state index in [9.17, 15) is 29.4 Å². The number of hydrogen-bond donors (Lipinski definition) is 4. The first-order valence-electron chi connectivity index (χ1n) is 17.5. The van der Waals surface area contributed by atoms with Crippen LogP contribution in [0.3, 0.4) is 0 Å². The summed E-state index contributed by atoms with van der Waals surface area (Å²) in [5.74, 6) is -1.68. The number of benzene rings is 5. The van der Waals surface area contributed by atoms with Gasteiger partial charge in [-0.3, -0.25) is 14.4 Å². The molecule has 1 aliphatic carbocycles. The molecule has 276 valence electrons. The third kappa shape index (κ3) is 6.33. The SMILES string of the molecule is CC(=O)c1ccc2cccc(NCc3c4oc5c(CNc6cccc7ccc(C(C)=O)nc67)c(O)c(Cl)cc5c(-c5ccccc5C(=O)O)c-4ccc3=O)c2n1. The number of Topliss-reactive ketones (excluding diaryl/α,β-unsaturated/α-hetero) is 2. The summed E-state index contributed by atoms with van der Waals surface area (Å²) in [5, 5.41) is 30.4. The monoisotopic (exact) mass is 762 g/mol. The number of carbonyl (C=O) groups excluding carboxylic acids is 2. The molecule has 56 heavy (non-hydrogen) atoms. The molecular weight excluding hydrogens is 732 g/mol. The molecule has 2 aliphatic rings. The van der Waals surface area contributed by atoms with Gasteiger partial charge >= 0.3 is 5.97 Å². The molecule has 0 amide bonds. The maximum Gasteiger partial charge on any atom is 0.336 e. The van der Waals surface area contributed by atoms with Gasteiger partial charge in [0.1, 0.15) is 28.5 Å². The number of phenols is 1. The second kappa shape index (κ2) is 14.3. The van der Waals surface area contributed by atoms with E-state index in [1.165, 1.54) is 32.0 Å². The highest BCUT2D eigenvalue weighted by molar-refractivity contribution is 6.33. The highest BCUT2D eigenvalue weighted by Gasteiger charge is 2.27. The number of para-hydroxylation sites is 2. The van der Waals surface area contributed by atoms with Gasteiger partial charge in [-0.2, -0.15) is 0 Å². The first kappa shape index (κ1) is 35.9. The lowest BCUT2D eigenvalue weighted by Gasteiger charge is -2.21. The minimum Gasteiger partial charge on any atom is -0.506 e. The van der Waals surface area contributed by atoms with Gasteiger partial charge in [-0.05, 0) is 54.1 Å². The minimum atomic E-state index is -1.17. The fourth-order valence-electron chi connectivity index (χ4n) is 7.00. The number of halogens is 1. The number of fused-ring (bicyclic) bond motifs is 4. The van der Waals surface area contributed by atoms with Gasteiger partial charge < -0.3 is 25.3 Å². The van der Waals surface area contributed by atoms with Crippen molar-refractivity contribution in [1.82, 2.24) is 9.97 Å². The van der Waals surface area contributed by atoms with E-state index in [0.29, 0.717) is 55.9 Å². The summed E-state index contributed by atoms with van der Waals surface area (Å²) in [6.07, 6.45) is 0. The lowest BCUT2D eigenvalue weighted by molar-refractivity contribution is 0.0697. The summed E-state index contributed by atoms with van der Waals surface area (Å²) in [5.41, 5.74) is 4.27. The first-order chi connectivity index (χ1) is 27.0. The summed E-state index contributed by atoms with van der Waals surface area (Å²) in [4.78, 5) is 59.9. The normalized spacial score (nSPS) is 11.3. The largest absolute Gasteiger partial charge is 0.506 e. The molecule has 0 fully saturated rings. The number of pyridine rings is 2. The van der Waals surface area contributed by atoms with Crippen molar-refractivity contribution in [1.29, 1.82) is 0 Å². The van der Waals surface area contributed by atoms with Gasteiger partial charge in [0, 0.05) is 54.2 Å². The Hall–Kier alpha value is -7.11. The highest BCUT2D eigenvalue weighted by atomic mass is 35.5. The Morgan fingerprint density at radius 3 is 1.89 bits per heavy atom. The van der Waals surface area contributed by atoms with Crippen molar-refractivity contribution in [3.63, 3.8) is 0 Å². The fraction of sp³-hybridized carbons (Fsp3) is 0.0909. The van der Waals surface area contributed by atoms with Crippen LogP contribution in [0.2, 0.25) is 5.02 Å². The molecule has 0 saturated heterocycles. The molecular formula is C44H31ClN4O7. The van der Waals surface area contributed by atoms with E-state index in [1.807, 2.05) is 24.3 Å². The zero-order chi connectivity index (χ0) is 39.2. The Morgan fingerprint density at radius 1 is 0.714 bits per heavy atom. The predicted molar refractivity (Wildman–Crippen MR) is 216 cm³/mol. The third-order valence-electron chi connectivity index (χ3n) is 9.76. The van der Waals surface area contributed by atoms with Crippen LogP contribution in [0.1, 0.15) is 56.3 Å². The van der Waals surface area contributed by atoms with E-state index in [-0.39, 0.29) is 68.9 Å². The number of aromatic hydroxyl groups is 1. The number of anilines is 2. The summed E-state index contributed by atoms with van der Waals surface area (Å²) < 4.78 is 6.67. The van der Waals surface area contributed by atoms with E-state index in [0.717, 1.165) is 10.8 Å². The van der Waals surface area contributed by atoms with E-state index in [1.54, 1.807) is 60.7 Å². The van der Waals surface area contributed by atoms with Crippen LogP contribution in [0.15, 0.2) is 112 Å². The molecule has 12 heteroatoms. The zero-order valence-corrected chi connectivity index (χ0v) is 30.7. The molecule has 0 unspecified atom stereocenters. The number of carboxylic acids is 1. The van der Waals surface area contributed by atoms with Gasteiger partial charge in [-0.25, -0.2) is 14.8 Å². The van der Waals surface area contributed by atoms with Crippen LogP contribution >= 0.6 is 11.6 Å². The van der Waals surface area contributed by atoms with Crippen molar-refractivity contribution >= 4 is 73.3 Å². The lowest BCUT2D eigenvalue weighted by Crippen LogP contribution is -2.15. The van der Waals surface area contributed by atoms with Gasteiger partial charge in [0.05, 0.1) is 44.1 Å². The standard InChI is InChI=1S/C44H31ClN4O7/c1-22(50)33-16-13-24-7-5-11-35(39(24)48-33)46-20-30-37(52)18-15-28-38(26-9-3-4-10-27(26)44(54)55)29-19-32(45)41(53)31(43(29)56-42(28)30)21-47-36-12-6-8-25-14-17-34(23(2)51)49-40(25)36/h3-19,46-47,53H,20-21H2,1-2H3,(H,54,55). The molecule has 3 heterocycles. The van der Waals surface area contributed by atoms with Crippen molar-refractivity contribution in [3.05, 3.63) is 146 Å². The molecule has 8 rings (SSSR count). The zero-order valence-electron chi connectivity index (χ0n) is 29.9. The van der Waals surface area contributed by atoms with E-state index >= 15 is 0 Å². The number of hydrogen-bond acceptors (Lipinski definition) is 10. The number of aromatic nitrogens is 2. The number of phenolic OH excluding ortho intramolecular Hbond substituents is 1. The molecule has 2 aromatic heterocycles. The number of aromatic carboxylic acids is 1. The number of nitrogens with zero attached hydrogens (tertiary/aromatic N) is 2. The minimum absolute atomic E-state index is 0.00209. The quantitative estimate of drug-likeness (QED) is 0.0773. The number of nitrogens with one attached hydrogen (secondary N) is 2. The molecule has 0 radical (unpaired) electrons. The molecule has 6 aromatic rings. The van der Waals surface area contributed by atoms with Gasteiger partial charge in [0.2, 0.25) is 0 Å². The molecule has 4 N–H and O–H groups in total. The molecule has 1 aliphatic heterocycles. The maximum absolute atomic E-state index is 13.8. The van der Waals surface area contributed by atoms with Crippen molar-refractivity contribution in [2.75, 3.05) is 10.6 Å². The van der Waals surface area contributed by atoms with Crippen molar-refractivity contribution < 1.29 is 29.0 Å². The van der Waals surface area contributed by atoms with Gasteiger partial charge in [-0.1, -0.05) is 66.2 Å². The van der Waals surface area contributed by atoms with E-state index < -0.39 is 5.97 Å². The smallest absolute Gasteiger partial charge is 0.336 e. The number of carboxylic acid groups (broad SMARTS) is 1. The molecule has 0 atom stereocenters. The topological polar surface area (TPSA) is 172 Å². The summed E-state index contributed by atoms with van der Waals surface area (Å²) in [6, 6.07) is 28.9. The average Bonchev–Trinajstić information content (AvgIpc) is 3.19. The summed E-state index contributed by atoms with van der Waals surface area (Å²) in [6.45, 7) is 2.79. The summed E-state index contributed by atoms with van der Waals surface area (Å²) >= 11 is 6.72. The second-order valence-electron chi connectivity index (χ2n) is 13.3. The van der Waals surface area contributed by atoms with Crippen LogP contribution < -0.4 is 16.1 Å². The van der Waals surface area contributed by atoms with E-state index in [4.69, 9.17) is 16.0 Å². The summed E-state index contributed by atoms with van der Waals surface area (Å²) in [7, 11) is 0. The van der Waals surface area contributed by atoms with Crippen LogP contribution in [0.5, 0.6) is 5.75 Å². The molecule has 0 bridgehead atoms. The Balaban J connectivity index is 1.33. The number of carbonyl (C=O) groups is 3. The Kier molecular flexibility index (Phi) is 9.15. The number of ketones is 2. The van der Waals surface area contributed by atoms with Crippen molar-refractivity contribution in [3.8, 4) is 28.2 Å². The third-order valence-corrected chi connectivity index (χ3v) is 10.1. The molecule has 4 aromatic carbocycles. The van der Waals surface area contributed by atoms with Crippen LogP contribution in [0, 0.1) is 0 Å². The van der Waals surface area contributed by atoms with Crippen molar-refractivity contribution in [2.24, 2.45) is 0 Å². The van der Waals surface area contributed by atoms with Crippen molar-refractivity contribution in [2.45, 2.75) is 26.9 Å². The predicted octanol–water partition coefficient (Wildman–Crippen LogP) is 9.35. The van der Waals surface area contributed by atoms with Crippen LogP contribution in [0.25, 0.3) is 55.2 Å². The van der Waals surface area contributed by atoms with E-state index in [2.05, 4.69) is 20.6 Å². The van der Waals surface area contributed by atoms with Gasteiger partial charge in [0.15, 0.2) is 17.0 Å². The number of rotatable bonds is 10. The first-order valence-corrected chi connectivity index (χ1v) is 17.9. The van der Waals surface area contributed by atoms with Gasteiger partial charge in [-0.15, -0.1) is 0 Å². The Morgan fingerprint density at radius 2 is 1.30 bits per heavy atom. The molecule has 11 nitrogen and oxygen atoms in total. The Bertz CT molecular complexity index is 2980. The molecule has 0 saturated carbocycles. The lowest BCUT2D eigenvalue weighted by atomic mass is 9.88. The Labute approximate surface area is 323 Å². The maximum atomic E-state index is 13.8. The van der Waals surface area contributed by atoms with Crippen LogP contribution in [-0.4, -0.2) is 37.7 Å². The molecule has 0 spiro atoms. The fourth-order valence-corrected chi connectivity index (χ4v) is 7.22. The average molecular weight is 763 g/mol. The van der Waals surface area contributed by atoms with Crippen LogP contribution in [-0.2, 0) is 13.1 Å². The van der Waals surface area contributed by atoms with Crippen LogP contribution in [0.4, 0.5) is 11.4 Å². The highest BCUT2D eigenvalue weighted by Crippen LogP contribution is 2.47.